The van der Waals surface area contributed by atoms with Crippen LogP contribution in [-0.2, 0) is 10.0 Å². The van der Waals surface area contributed by atoms with Crippen molar-refractivity contribution < 1.29 is 13.5 Å². The number of nitrogens with one attached hydrogen (secondary N) is 1. The first kappa shape index (κ1) is 16.5. The number of sulfonamides is 1. The van der Waals surface area contributed by atoms with E-state index >= 15 is 0 Å². The van der Waals surface area contributed by atoms with Gasteiger partial charge in [0, 0.05) is 15.4 Å². The Morgan fingerprint density at radius 3 is 2.46 bits per heavy atom. The zero-order valence-electron chi connectivity index (χ0n) is 12.3. The van der Waals surface area contributed by atoms with Crippen molar-refractivity contribution in [1.82, 2.24) is 4.83 Å². The summed E-state index contributed by atoms with van der Waals surface area (Å²) >= 11 is 3.25. The molecule has 0 saturated carbocycles. The smallest absolute Gasteiger partial charge is 0.276 e. The predicted octanol–water partition coefficient (Wildman–Crippen LogP) is 3.62. The summed E-state index contributed by atoms with van der Waals surface area (Å²) in [5.74, 6) is 0.0553. The molecule has 0 aliphatic carbocycles. The first-order valence-electron chi connectivity index (χ1n) is 6.98. The summed E-state index contributed by atoms with van der Waals surface area (Å²) in [5, 5.41) is 15.6. The van der Waals surface area contributed by atoms with Crippen LogP contribution < -0.4 is 4.83 Å². The van der Waals surface area contributed by atoms with Crippen molar-refractivity contribution in [2.45, 2.75) is 4.90 Å². The van der Waals surface area contributed by atoms with Gasteiger partial charge in [0.25, 0.3) is 10.0 Å². The molecule has 24 heavy (non-hydrogen) atoms. The van der Waals surface area contributed by atoms with Gasteiger partial charge in [0.1, 0.15) is 5.75 Å². The van der Waals surface area contributed by atoms with Gasteiger partial charge >= 0.3 is 0 Å². The van der Waals surface area contributed by atoms with Gasteiger partial charge in [0.2, 0.25) is 0 Å². The molecule has 0 radical (unpaired) electrons. The topological polar surface area (TPSA) is 78.8 Å². The number of phenols is 1. The molecule has 0 atom stereocenters. The summed E-state index contributed by atoms with van der Waals surface area (Å²) in [6.45, 7) is 0. The Morgan fingerprint density at radius 2 is 1.71 bits per heavy atom. The number of halogens is 1. The average Bonchev–Trinajstić information content (AvgIpc) is 2.57. The van der Waals surface area contributed by atoms with Crippen LogP contribution in [0.4, 0.5) is 0 Å². The van der Waals surface area contributed by atoms with Gasteiger partial charge in [-0.25, -0.2) is 4.83 Å². The van der Waals surface area contributed by atoms with Crippen LogP contribution in [0, 0.1) is 0 Å². The molecule has 0 spiro atoms. The Labute approximate surface area is 147 Å². The van der Waals surface area contributed by atoms with E-state index in [1.807, 2.05) is 24.3 Å². The molecule has 122 valence electrons. The van der Waals surface area contributed by atoms with E-state index in [1.54, 1.807) is 24.3 Å². The minimum Gasteiger partial charge on any atom is -0.507 e. The summed E-state index contributed by atoms with van der Waals surface area (Å²) in [4.78, 5) is 2.24. The monoisotopic (exact) mass is 404 g/mol. The van der Waals surface area contributed by atoms with Crippen molar-refractivity contribution in [3.63, 3.8) is 0 Å². The molecule has 0 aliphatic heterocycles. The van der Waals surface area contributed by atoms with Crippen LogP contribution in [-0.4, -0.2) is 19.7 Å². The lowest BCUT2D eigenvalue weighted by Gasteiger charge is -2.05. The largest absolute Gasteiger partial charge is 0.507 e. The van der Waals surface area contributed by atoms with Gasteiger partial charge < -0.3 is 5.11 Å². The summed E-state index contributed by atoms with van der Waals surface area (Å²) < 4.78 is 25.0. The Kier molecular flexibility index (Phi) is 4.55. The number of nitrogens with zero attached hydrogens (tertiary/aromatic N) is 1. The van der Waals surface area contributed by atoms with Crippen LogP contribution >= 0.6 is 15.9 Å². The second-order valence-corrected chi connectivity index (χ2v) is 7.61. The normalized spacial score (nSPS) is 11.9. The molecule has 0 aliphatic rings. The third-order valence-corrected chi connectivity index (χ3v) is 5.20. The molecule has 0 fully saturated rings. The number of hydrazone groups is 1. The van der Waals surface area contributed by atoms with Gasteiger partial charge in [-0.15, -0.1) is 0 Å². The van der Waals surface area contributed by atoms with Crippen molar-refractivity contribution >= 4 is 42.9 Å². The van der Waals surface area contributed by atoms with Gasteiger partial charge in [-0.3, -0.25) is 0 Å². The van der Waals surface area contributed by atoms with E-state index in [9.17, 15) is 13.5 Å². The zero-order valence-corrected chi connectivity index (χ0v) is 14.8. The molecular weight excluding hydrogens is 392 g/mol. The van der Waals surface area contributed by atoms with Crippen LogP contribution in [0.3, 0.4) is 0 Å². The average molecular weight is 405 g/mol. The molecule has 0 amide bonds. The van der Waals surface area contributed by atoms with Crippen LogP contribution in [0.15, 0.2) is 75.1 Å². The van der Waals surface area contributed by atoms with Crippen molar-refractivity contribution in [1.29, 1.82) is 0 Å². The summed E-state index contributed by atoms with van der Waals surface area (Å²) in [6, 6.07) is 17.1. The Morgan fingerprint density at radius 1 is 1.00 bits per heavy atom. The fraction of sp³-hybridized carbons (Fsp3) is 0. The lowest BCUT2D eigenvalue weighted by Crippen LogP contribution is -2.18. The molecule has 0 unspecified atom stereocenters. The van der Waals surface area contributed by atoms with Crippen molar-refractivity contribution in [3.05, 3.63) is 70.7 Å². The standard InChI is InChI=1S/C17H13BrN2O3S/c18-14-7-9-15(10-8-14)24(22,23)20-19-11-13-6-5-12-3-1-2-4-16(12)17(13)21/h1-11,20-21H/b19-11+. The molecule has 3 rings (SSSR count). The molecule has 3 aromatic carbocycles. The number of hydrogen-bond donors (Lipinski definition) is 2. The molecule has 3 aromatic rings. The van der Waals surface area contributed by atoms with Crippen LogP contribution in [0.1, 0.15) is 5.56 Å². The molecule has 2 N–H and O–H groups in total. The van der Waals surface area contributed by atoms with E-state index in [1.165, 1.54) is 18.3 Å². The fourth-order valence-electron chi connectivity index (χ4n) is 2.21. The van der Waals surface area contributed by atoms with Crippen molar-refractivity contribution in [3.8, 4) is 5.75 Å². The van der Waals surface area contributed by atoms with Crippen molar-refractivity contribution in [2.24, 2.45) is 5.10 Å². The quantitative estimate of drug-likeness (QED) is 0.514. The number of hydrogen-bond acceptors (Lipinski definition) is 4. The van der Waals surface area contributed by atoms with Gasteiger partial charge in [-0.1, -0.05) is 46.3 Å². The summed E-state index contributed by atoms with van der Waals surface area (Å²) in [6.07, 6.45) is 1.28. The molecule has 0 saturated heterocycles. The second-order valence-electron chi connectivity index (χ2n) is 5.03. The number of rotatable bonds is 4. The maximum atomic E-state index is 12.1. The first-order valence-corrected chi connectivity index (χ1v) is 9.26. The van der Waals surface area contributed by atoms with E-state index in [-0.39, 0.29) is 10.6 Å². The maximum Gasteiger partial charge on any atom is 0.276 e. The number of fused-ring (bicyclic) bond motifs is 1. The van der Waals surface area contributed by atoms with E-state index in [0.29, 0.717) is 10.9 Å². The molecule has 0 heterocycles. The highest BCUT2D eigenvalue weighted by atomic mass is 79.9. The first-order chi connectivity index (χ1) is 11.5. The number of aromatic hydroxyl groups is 1. The Bertz CT molecular complexity index is 1020. The van der Waals surface area contributed by atoms with Crippen LogP contribution in [0.2, 0.25) is 0 Å². The maximum absolute atomic E-state index is 12.1. The third-order valence-electron chi connectivity index (χ3n) is 3.43. The van der Waals surface area contributed by atoms with Crippen molar-refractivity contribution in [2.75, 3.05) is 0 Å². The SMILES string of the molecule is O=S(=O)(N/N=C/c1ccc2ccccc2c1O)c1ccc(Br)cc1. The van der Waals surface area contributed by atoms with E-state index < -0.39 is 10.0 Å². The molecule has 0 bridgehead atoms. The van der Waals surface area contributed by atoms with Gasteiger partial charge in [0.05, 0.1) is 11.1 Å². The summed E-state index contributed by atoms with van der Waals surface area (Å²) in [7, 11) is -3.75. The molecule has 5 nitrogen and oxygen atoms in total. The number of phenolic OH excluding ortho intramolecular Hbond substituents is 1. The van der Waals surface area contributed by atoms with Gasteiger partial charge in [-0.2, -0.15) is 13.5 Å². The predicted molar refractivity (Wildman–Crippen MR) is 97.7 cm³/mol. The van der Waals surface area contributed by atoms with Gasteiger partial charge in [-0.05, 0) is 35.7 Å². The van der Waals surface area contributed by atoms with E-state index in [2.05, 4.69) is 25.9 Å². The minimum absolute atomic E-state index is 0.0553. The highest BCUT2D eigenvalue weighted by Gasteiger charge is 2.12. The van der Waals surface area contributed by atoms with E-state index in [0.717, 1.165) is 9.86 Å². The molecular formula is C17H13BrN2O3S. The summed E-state index contributed by atoms with van der Waals surface area (Å²) in [5.41, 5.74) is 0.423. The minimum atomic E-state index is -3.75. The Balaban J connectivity index is 1.84. The highest BCUT2D eigenvalue weighted by molar-refractivity contribution is 9.10. The highest BCUT2D eigenvalue weighted by Crippen LogP contribution is 2.27. The van der Waals surface area contributed by atoms with Crippen LogP contribution in [0.25, 0.3) is 10.8 Å². The Hall–Kier alpha value is -2.38. The second kappa shape index (κ2) is 6.62. The number of benzene rings is 3. The molecule has 7 heteroatoms. The fourth-order valence-corrected chi connectivity index (χ4v) is 3.26. The third kappa shape index (κ3) is 3.42. The zero-order chi connectivity index (χ0) is 17.2. The lowest BCUT2D eigenvalue weighted by molar-refractivity contribution is 0.481. The lowest BCUT2D eigenvalue weighted by atomic mass is 10.1. The van der Waals surface area contributed by atoms with Gasteiger partial charge in [0.15, 0.2) is 0 Å². The van der Waals surface area contributed by atoms with E-state index in [4.69, 9.17) is 0 Å². The van der Waals surface area contributed by atoms with Crippen LogP contribution in [0.5, 0.6) is 5.75 Å². The molecule has 0 aromatic heterocycles.